The van der Waals surface area contributed by atoms with Crippen LogP contribution in [0.5, 0.6) is 11.5 Å². The number of esters is 1. The maximum Gasteiger partial charge on any atom is 0.340 e. The van der Waals surface area contributed by atoms with Crippen molar-refractivity contribution in [3.63, 3.8) is 0 Å². The number of carbonyl (C=O) groups is 1. The average molecular weight is 653 g/mol. The maximum absolute atomic E-state index is 13.5. The van der Waals surface area contributed by atoms with Gasteiger partial charge in [-0.15, -0.1) is 0 Å². The summed E-state index contributed by atoms with van der Waals surface area (Å²) in [6, 6.07) is 14.0. The quantitative estimate of drug-likeness (QED) is 0.213. The van der Waals surface area contributed by atoms with Gasteiger partial charge in [0.2, 0.25) is 0 Å². The van der Waals surface area contributed by atoms with Crippen molar-refractivity contribution < 1.29 is 40.2 Å². The number of hydrogen-bond acceptors (Lipinski definition) is 9. The molecule has 4 N–H and O–H groups in total. The van der Waals surface area contributed by atoms with Crippen molar-refractivity contribution in [1.29, 1.82) is 0 Å². The van der Waals surface area contributed by atoms with Crippen LogP contribution in [0.3, 0.4) is 0 Å². The average Bonchev–Trinajstić information content (AvgIpc) is 3.17. The van der Waals surface area contributed by atoms with Gasteiger partial charge in [-0.2, -0.15) is 16.8 Å². The molecule has 4 aliphatic rings. The number of nitrogens with one attached hydrogen (secondary N) is 2. The summed E-state index contributed by atoms with van der Waals surface area (Å²) < 4.78 is 80.9. The van der Waals surface area contributed by atoms with Crippen molar-refractivity contribution >= 4 is 43.2 Å². The lowest BCUT2D eigenvalue weighted by atomic mass is 9.73. The summed E-state index contributed by atoms with van der Waals surface area (Å²) in [6.07, 6.45) is 2.14. The number of rotatable bonds is 4. The summed E-state index contributed by atoms with van der Waals surface area (Å²) in [7, 11) is -8.74. The van der Waals surface area contributed by atoms with Crippen LogP contribution in [0.4, 0.5) is 11.4 Å². The lowest BCUT2D eigenvalue weighted by molar-refractivity contribution is 0.0224. The minimum absolute atomic E-state index is 0.341. The van der Waals surface area contributed by atoms with Gasteiger partial charge in [-0.1, -0.05) is 24.3 Å². The molecule has 0 bridgehead atoms. The van der Waals surface area contributed by atoms with Crippen molar-refractivity contribution in [1.82, 2.24) is 0 Å². The minimum atomic E-state index is -4.40. The molecule has 4 heterocycles. The van der Waals surface area contributed by atoms with Gasteiger partial charge in [-0.25, -0.2) is 4.79 Å². The molecule has 3 aromatic carbocycles. The van der Waals surface area contributed by atoms with Gasteiger partial charge in [-0.05, 0) is 63.5 Å². The van der Waals surface area contributed by atoms with E-state index in [1.54, 1.807) is 54.6 Å². The van der Waals surface area contributed by atoms with Crippen LogP contribution in [0.15, 0.2) is 54.6 Å². The van der Waals surface area contributed by atoms with E-state index < -0.39 is 60.3 Å². The molecule has 7 rings (SSSR count). The SMILES string of the molecule is CC1(C)C=C(CS(=O)(=O)O)c2cc3c(cc2N1)Oc1cc2c(cc1C31OC(=O)c3ccccc31)C(CS(=O)(=O)O)CC(C)(C)N2. The largest absolute Gasteiger partial charge is 0.456 e. The Bertz CT molecular complexity index is 2080. The molecule has 0 aliphatic carbocycles. The summed E-state index contributed by atoms with van der Waals surface area (Å²) in [5.41, 5.74) is 1.75. The fraction of sp³-hybridized carbons (Fsp3) is 0.344. The molecule has 4 aliphatic heterocycles. The van der Waals surface area contributed by atoms with Crippen LogP contribution in [-0.4, -0.2) is 54.5 Å². The van der Waals surface area contributed by atoms with Crippen molar-refractivity contribution in [2.24, 2.45) is 0 Å². The number of fused-ring (bicyclic) bond motifs is 8. The second kappa shape index (κ2) is 9.32. The highest BCUT2D eigenvalue weighted by atomic mass is 32.2. The van der Waals surface area contributed by atoms with Crippen LogP contribution >= 0.6 is 0 Å². The Morgan fingerprint density at radius 1 is 0.844 bits per heavy atom. The van der Waals surface area contributed by atoms with Gasteiger partial charge in [0, 0.05) is 57.2 Å². The molecule has 0 radical (unpaired) electrons. The summed E-state index contributed by atoms with van der Waals surface area (Å²) in [5, 5.41) is 6.84. The lowest BCUT2D eigenvalue weighted by Crippen LogP contribution is -2.40. The van der Waals surface area contributed by atoms with Crippen LogP contribution in [0, 0.1) is 0 Å². The fourth-order valence-corrected chi connectivity index (χ4v) is 8.79. The van der Waals surface area contributed by atoms with E-state index in [2.05, 4.69) is 10.6 Å². The third-order valence-electron chi connectivity index (χ3n) is 8.78. The molecule has 0 aromatic heterocycles. The van der Waals surface area contributed by atoms with E-state index in [9.17, 15) is 30.7 Å². The van der Waals surface area contributed by atoms with Crippen LogP contribution in [0.1, 0.15) is 78.2 Å². The molecule has 0 saturated carbocycles. The Morgan fingerprint density at radius 3 is 2.20 bits per heavy atom. The second-order valence-electron chi connectivity index (χ2n) is 13.4. The number of ether oxygens (including phenoxy) is 2. The van der Waals surface area contributed by atoms with Crippen molar-refractivity contribution in [3.8, 4) is 11.5 Å². The van der Waals surface area contributed by atoms with Gasteiger partial charge in [0.1, 0.15) is 17.3 Å². The molecule has 2 atom stereocenters. The van der Waals surface area contributed by atoms with E-state index in [4.69, 9.17) is 9.47 Å². The summed E-state index contributed by atoms with van der Waals surface area (Å²) in [5.74, 6) is -1.53. The number of benzene rings is 3. The lowest BCUT2D eigenvalue weighted by Gasteiger charge is -2.42. The Hall–Kier alpha value is -3.91. The van der Waals surface area contributed by atoms with Gasteiger partial charge in [0.15, 0.2) is 5.60 Å². The normalized spacial score (nSPS) is 23.6. The molecule has 236 valence electrons. The first-order valence-corrected chi connectivity index (χ1v) is 17.6. The standard InChI is InChI=1S/C32H32N2O9S2/c1-30(2)13-17(15-44(36,37)38)20-9-23-27(11-25(20)33-30)42-28-12-26-21(18(16-45(39,40)41)14-31(3,4)34-26)10-24(28)32(23)22-8-6-5-7-19(22)29(35)43-32/h5-13,18,33-34H,14-16H2,1-4H3,(H,36,37,38)(H,39,40,41). The molecule has 0 amide bonds. The Labute approximate surface area is 261 Å². The van der Waals surface area contributed by atoms with E-state index in [0.717, 1.165) is 0 Å². The topological polar surface area (TPSA) is 168 Å². The van der Waals surface area contributed by atoms with Gasteiger partial charge < -0.3 is 20.1 Å². The van der Waals surface area contributed by atoms with Gasteiger partial charge in [0.25, 0.3) is 20.2 Å². The molecule has 45 heavy (non-hydrogen) atoms. The highest BCUT2D eigenvalue weighted by molar-refractivity contribution is 7.86. The van der Waals surface area contributed by atoms with Crippen LogP contribution in [-0.2, 0) is 30.6 Å². The minimum Gasteiger partial charge on any atom is -0.456 e. The molecule has 0 fully saturated rings. The summed E-state index contributed by atoms with van der Waals surface area (Å²) in [4.78, 5) is 13.5. The van der Waals surface area contributed by atoms with Crippen molar-refractivity contribution in [3.05, 3.63) is 88.0 Å². The smallest absolute Gasteiger partial charge is 0.340 e. The Balaban J connectivity index is 1.51. The molecule has 13 heteroatoms. The second-order valence-corrected chi connectivity index (χ2v) is 16.4. The molecular weight excluding hydrogens is 620 g/mol. The fourth-order valence-electron chi connectivity index (χ4n) is 7.35. The zero-order chi connectivity index (χ0) is 32.3. The molecule has 1 spiro atoms. The number of hydrogen-bond donors (Lipinski definition) is 4. The van der Waals surface area contributed by atoms with Gasteiger partial charge in [-0.3, -0.25) is 9.11 Å². The van der Waals surface area contributed by atoms with E-state index in [1.165, 1.54) is 0 Å². The molecule has 11 nitrogen and oxygen atoms in total. The predicted octanol–water partition coefficient (Wildman–Crippen LogP) is 5.30. The highest BCUT2D eigenvalue weighted by Crippen LogP contribution is 2.59. The molecule has 2 unspecified atom stereocenters. The number of carbonyl (C=O) groups excluding carboxylic acids is 1. The highest BCUT2D eigenvalue weighted by Gasteiger charge is 2.55. The maximum atomic E-state index is 13.5. The third-order valence-corrected chi connectivity index (χ3v) is 10.3. The third kappa shape index (κ3) is 4.98. The molecule has 0 saturated heterocycles. The zero-order valence-electron chi connectivity index (χ0n) is 25.0. The van der Waals surface area contributed by atoms with Gasteiger partial charge in [0.05, 0.1) is 16.9 Å². The van der Waals surface area contributed by atoms with E-state index in [1.807, 2.05) is 27.7 Å². The van der Waals surface area contributed by atoms with Gasteiger partial charge >= 0.3 is 5.97 Å². The van der Waals surface area contributed by atoms with Crippen LogP contribution in [0.2, 0.25) is 0 Å². The summed E-state index contributed by atoms with van der Waals surface area (Å²) in [6.45, 7) is 7.62. The predicted molar refractivity (Wildman–Crippen MR) is 168 cm³/mol. The molecular formula is C32H32N2O9S2. The molecule has 3 aromatic rings. The first kappa shape index (κ1) is 29.8. The number of anilines is 2. The zero-order valence-corrected chi connectivity index (χ0v) is 26.6. The van der Waals surface area contributed by atoms with E-state index in [-0.39, 0.29) is 0 Å². The van der Waals surface area contributed by atoms with Crippen molar-refractivity contribution in [2.75, 3.05) is 22.1 Å². The Kier molecular flexibility index (Phi) is 6.17. The van der Waals surface area contributed by atoms with Crippen LogP contribution in [0.25, 0.3) is 5.57 Å². The van der Waals surface area contributed by atoms with E-state index >= 15 is 0 Å². The van der Waals surface area contributed by atoms with E-state index in [0.29, 0.717) is 68.2 Å². The first-order valence-electron chi connectivity index (χ1n) is 14.4. The van der Waals surface area contributed by atoms with Crippen molar-refractivity contribution in [2.45, 2.75) is 56.7 Å². The monoisotopic (exact) mass is 652 g/mol. The Morgan fingerprint density at radius 2 is 1.51 bits per heavy atom. The van der Waals surface area contributed by atoms with Crippen LogP contribution < -0.4 is 15.4 Å². The summed E-state index contributed by atoms with van der Waals surface area (Å²) >= 11 is 0. The first-order chi connectivity index (χ1) is 20.8.